The molecular formula is C19H25F3N4O2S. The Labute approximate surface area is 173 Å². The van der Waals surface area contributed by atoms with Crippen LogP contribution in [0.4, 0.5) is 13.2 Å². The minimum Gasteiger partial charge on any atom is -0.493 e. The van der Waals surface area contributed by atoms with E-state index in [4.69, 9.17) is 21.7 Å². The number of aromatic nitrogens is 2. The van der Waals surface area contributed by atoms with Gasteiger partial charge in [-0.05, 0) is 55.7 Å². The zero-order chi connectivity index (χ0) is 21.4. The van der Waals surface area contributed by atoms with E-state index in [0.29, 0.717) is 48.4 Å². The van der Waals surface area contributed by atoms with Gasteiger partial charge in [-0.2, -0.15) is 18.3 Å². The summed E-state index contributed by atoms with van der Waals surface area (Å²) in [5.74, 6) is 1.35. The van der Waals surface area contributed by atoms with E-state index in [2.05, 4.69) is 15.7 Å². The highest BCUT2D eigenvalue weighted by atomic mass is 32.1. The van der Waals surface area contributed by atoms with E-state index in [9.17, 15) is 13.2 Å². The molecule has 2 rings (SSSR count). The van der Waals surface area contributed by atoms with Crippen molar-refractivity contribution in [3.05, 3.63) is 41.2 Å². The van der Waals surface area contributed by atoms with Crippen LogP contribution >= 0.6 is 12.2 Å². The first kappa shape index (κ1) is 22.8. The Kier molecular flexibility index (Phi) is 8.12. The maximum absolute atomic E-state index is 12.7. The van der Waals surface area contributed by atoms with Crippen LogP contribution in [0.3, 0.4) is 0 Å². The number of methoxy groups -OCH3 is 2. The lowest BCUT2D eigenvalue weighted by Crippen LogP contribution is -2.37. The molecule has 0 spiro atoms. The number of nitrogens with one attached hydrogen (secondary N) is 2. The first-order valence-corrected chi connectivity index (χ1v) is 9.49. The molecule has 0 saturated carbocycles. The second kappa shape index (κ2) is 10.3. The molecule has 0 unspecified atom stereocenters. The predicted molar refractivity (Wildman–Crippen MR) is 108 cm³/mol. The van der Waals surface area contributed by atoms with Crippen molar-refractivity contribution in [1.82, 2.24) is 20.4 Å². The Morgan fingerprint density at radius 1 is 1.10 bits per heavy atom. The highest BCUT2D eigenvalue weighted by molar-refractivity contribution is 7.80. The van der Waals surface area contributed by atoms with Gasteiger partial charge in [-0.15, -0.1) is 0 Å². The van der Waals surface area contributed by atoms with Crippen LogP contribution in [0.2, 0.25) is 0 Å². The Morgan fingerprint density at radius 2 is 1.79 bits per heavy atom. The summed E-state index contributed by atoms with van der Waals surface area (Å²) < 4.78 is 49.9. The van der Waals surface area contributed by atoms with Gasteiger partial charge in [-0.3, -0.25) is 4.68 Å². The highest BCUT2D eigenvalue weighted by Crippen LogP contribution is 2.28. The van der Waals surface area contributed by atoms with Gasteiger partial charge >= 0.3 is 6.18 Å². The summed E-state index contributed by atoms with van der Waals surface area (Å²) in [6, 6.07) is 6.78. The molecule has 0 bridgehead atoms. The molecule has 160 valence electrons. The van der Waals surface area contributed by atoms with Crippen LogP contribution in [0.15, 0.2) is 24.3 Å². The van der Waals surface area contributed by atoms with Gasteiger partial charge in [0.2, 0.25) is 0 Å². The lowest BCUT2D eigenvalue weighted by molar-refractivity contribution is -0.141. The number of hydrogen-bond acceptors (Lipinski definition) is 4. The Balaban J connectivity index is 1.68. The molecule has 0 atom stereocenters. The molecule has 0 aliphatic heterocycles. The molecule has 0 amide bonds. The molecule has 29 heavy (non-hydrogen) atoms. The number of aryl methyl sites for hydroxylation is 2. The molecule has 6 nitrogen and oxygen atoms in total. The number of ether oxygens (including phenoxy) is 2. The lowest BCUT2D eigenvalue weighted by atomic mass is 10.1. The molecule has 1 aromatic carbocycles. The van der Waals surface area contributed by atoms with E-state index in [1.54, 1.807) is 21.1 Å². The van der Waals surface area contributed by atoms with E-state index in [-0.39, 0.29) is 0 Å². The fourth-order valence-electron chi connectivity index (χ4n) is 2.72. The van der Waals surface area contributed by atoms with Crippen molar-refractivity contribution in [3.8, 4) is 11.5 Å². The van der Waals surface area contributed by atoms with Gasteiger partial charge in [-0.25, -0.2) is 0 Å². The largest absolute Gasteiger partial charge is 0.493 e. The van der Waals surface area contributed by atoms with Crippen LogP contribution in [0, 0.1) is 6.92 Å². The first-order valence-electron chi connectivity index (χ1n) is 9.09. The van der Waals surface area contributed by atoms with Crippen LogP contribution in [0.1, 0.15) is 23.4 Å². The number of rotatable bonds is 9. The lowest BCUT2D eigenvalue weighted by Gasteiger charge is -2.12. The second-order valence-corrected chi connectivity index (χ2v) is 6.78. The van der Waals surface area contributed by atoms with E-state index in [1.807, 2.05) is 18.2 Å². The Bertz CT molecular complexity index is 824. The molecule has 0 radical (unpaired) electrons. The SMILES string of the molecule is COc1ccc(CCNC(=S)NCCCn2nc(C(F)(F)F)cc2C)cc1OC. The van der Waals surface area contributed by atoms with Crippen molar-refractivity contribution in [2.75, 3.05) is 27.3 Å². The monoisotopic (exact) mass is 430 g/mol. The van der Waals surface area contributed by atoms with E-state index >= 15 is 0 Å². The molecular weight excluding hydrogens is 405 g/mol. The van der Waals surface area contributed by atoms with Crippen molar-refractivity contribution >= 4 is 17.3 Å². The smallest absolute Gasteiger partial charge is 0.435 e. The van der Waals surface area contributed by atoms with Crippen molar-refractivity contribution < 1.29 is 22.6 Å². The number of thiocarbonyl (C=S) groups is 1. The average Bonchev–Trinajstić information content (AvgIpc) is 3.06. The topological polar surface area (TPSA) is 60.3 Å². The maximum Gasteiger partial charge on any atom is 0.435 e. The number of hydrogen-bond donors (Lipinski definition) is 2. The van der Waals surface area contributed by atoms with Crippen LogP contribution < -0.4 is 20.1 Å². The molecule has 1 aromatic heterocycles. The molecule has 0 fully saturated rings. The number of nitrogens with zero attached hydrogens (tertiary/aromatic N) is 2. The fourth-order valence-corrected chi connectivity index (χ4v) is 2.93. The van der Waals surface area contributed by atoms with Gasteiger partial charge < -0.3 is 20.1 Å². The minimum atomic E-state index is -4.42. The van der Waals surface area contributed by atoms with Gasteiger partial charge in [0, 0.05) is 25.3 Å². The molecule has 2 aromatic rings. The third-order valence-corrected chi connectivity index (χ3v) is 4.54. The minimum absolute atomic E-state index is 0.378. The third kappa shape index (κ3) is 6.81. The Hall–Kier alpha value is -2.49. The summed E-state index contributed by atoms with van der Waals surface area (Å²) in [5, 5.41) is 10.3. The second-order valence-electron chi connectivity index (χ2n) is 6.37. The van der Waals surface area contributed by atoms with E-state index in [1.165, 1.54) is 4.68 Å². The van der Waals surface area contributed by atoms with Crippen molar-refractivity contribution in [2.45, 2.75) is 32.5 Å². The first-order chi connectivity index (χ1) is 13.7. The Morgan fingerprint density at radius 3 is 2.41 bits per heavy atom. The van der Waals surface area contributed by atoms with Crippen LogP contribution in [0.5, 0.6) is 11.5 Å². The number of benzene rings is 1. The molecule has 1 heterocycles. The van der Waals surface area contributed by atoms with Crippen molar-refractivity contribution in [3.63, 3.8) is 0 Å². The molecule has 0 aliphatic rings. The zero-order valence-corrected chi connectivity index (χ0v) is 17.4. The van der Waals surface area contributed by atoms with E-state index in [0.717, 1.165) is 18.1 Å². The fraction of sp³-hybridized carbons (Fsp3) is 0.474. The molecule has 10 heteroatoms. The van der Waals surface area contributed by atoms with Crippen molar-refractivity contribution in [2.24, 2.45) is 0 Å². The predicted octanol–water partition coefficient (Wildman–Crippen LogP) is 3.32. The number of alkyl halides is 3. The number of halogens is 3. The summed E-state index contributed by atoms with van der Waals surface area (Å²) in [6.07, 6.45) is -3.08. The molecule has 0 aliphatic carbocycles. The van der Waals surface area contributed by atoms with Gasteiger partial charge in [0.05, 0.1) is 14.2 Å². The summed E-state index contributed by atoms with van der Waals surface area (Å²) in [5.41, 5.74) is 0.691. The molecule has 0 saturated heterocycles. The standard InChI is InChI=1S/C19H25F3N4O2S/c1-13-11-17(19(20,21)22)25-26(13)10-4-8-23-18(29)24-9-7-14-5-6-15(27-2)16(12-14)28-3/h5-6,11-12H,4,7-10H2,1-3H3,(H2,23,24,29). The van der Waals surface area contributed by atoms with E-state index < -0.39 is 11.9 Å². The van der Waals surface area contributed by atoms with Gasteiger partial charge in [-0.1, -0.05) is 6.07 Å². The third-order valence-electron chi connectivity index (χ3n) is 4.25. The summed E-state index contributed by atoms with van der Waals surface area (Å²) in [6.45, 7) is 3.15. The summed E-state index contributed by atoms with van der Waals surface area (Å²) in [4.78, 5) is 0. The van der Waals surface area contributed by atoms with Gasteiger partial charge in [0.15, 0.2) is 22.3 Å². The average molecular weight is 430 g/mol. The summed E-state index contributed by atoms with van der Waals surface area (Å²) in [7, 11) is 3.18. The van der Waals surface area contributed by atoms with Gasteiger partial charge in [0.1, 0.15) is 0 Å². The normalized spacial score (nSPS) is 11.2. The van der Waals surface area contributed by atoms with Crippen LogP contribution in [0.25, 0.3) is 0 Å². The quantitative estimate of drug-likeness (QED) is 0.470. The zero-order valence-electron chi connectivity index (χ0n) is 16.6. The summed E-state index contributed by atoms with van der Waals surface area (Å²) >= 11 is 5.23. The van der Waals surface area contributed by atoms with Crippen molar-refractivity contribution in [1.29, 1.82) is 0 Å². The molecule has 2 N–H and O–H groups in total. The van der Waals surface area contributed by atoms with Crippen LogP contribution in [-0.4, -0.2) is 42.2 Å². The maximum atomic E-state index is 12.7. The van der Waals surface area contributed by atoms with Crippen LogP contribution in [-0.2, 0) is 19.1 Å². The highest BCUT2D eigenvalue weighted by Gasteiger charge is 2.34. The van der Waals surface area contributed by atoms with Gasteiger partial charge in [0.25, 0.3) is 0 Å².